The lowest BCUT2D eigenvalue weighted by atomic mass is 9.95. The summed E-state index contributed by atoms with van der Waals surface area (Å²) in [6, 6.07) is 14.8. The number of rotatable bonds is 9. The molecule has 0 amide bonds. The lowest BCUT2D eigenvalue weighted by Crippen LogP contribution is -2.33. The van der Waals surface area contributed by atoms with E-state index in [0.717, 1.165) is 22.6 Å². The van der Waals surface area contributed by atoms with Crippen LogP contribution in [0.2, 0.25) is 0 Å². The van der Waals surface area contributed by atoms with Crippen molar-refractivity contribution in [3.63, 3.8) is 0 Å². The van der Waals surface area contributed by atoms with Crippen molar-refractivity contribution in [2.75, 3.05) is 27.4 Å². The number of allylic oxidation sites excluding steroid dienone is 1. The van der Waals surface area contributed by atoms with Crippen LogP contribution < -0.4 is 9.47 Å². The fraction of sp³-hybridized carbons (Fsp3) is 0.333. The van der Waals surface area contributed by atoms with Crippen molar-refractivity contribution < 1.29 is 33.3 Å². The molecule has 0 unspecified atom stereocenters. The van der Waals surface area contributed by atoms with E-state index >= 15 is 0 Å². The van der Waals surface area contributed by atoms with E-state index in [-0.39, 0.29) is 30.5 Å². The molecule has 2 aliphatic heterocycles. The highest BCUT2D eigenvalue weighted by Crippen LogP contribution is 2.34. The first-order valence-electron chi connectivity index (χ1n) is 11.2. The standard InChI is InChI=1S/C27H28O7/c1-30-22-10-4-18(5-11-22)3-9-21(28)15-20-16-32-27-24(17-33-26(20)27)34-25(29)14-8-19-6-12-23(31-2)13-7-19/h3-14,20,24,26-27H,15-17H2,1-2H3/b9-3+,14-8+/t20-,24+,26-,27-/m0/s1. The molecule has 2 heterocycles. The minimum atomic E-state index is -0.493. The predicted molar refractivity (Wildman–Crippen MR) is 127 cm³/mol. The lowest BCUT2D eigenvalue weighted by Gasteiger charge is -2.16. The SMILES string of the molecule is COc1ccc(/C=C/C(=O)C[C@H]2CO[C@@H]3[C@H]2OC[C@H]3OC(=O)/C=C/c2ccc(OC)cc2)cc1. The molecule has 178 valence electrons. The number of fused-ring (bicyclic) bond motifs is 1. The summed E-state index contributed by atoms with van der Waals surface area (Å²) in [6.07, 6.45) is 5.62. The van der Waals surface area contributed by atoms with Gasteiger partial charge in [0.2, 0.25) is 0 Å². The number of ketones is 1. The third kappa shape index (κ3) is 5.92. The smallest absolute Gasteiger partial charge is 0.331 e. The van der Waals surface area contributed by atoms with Gasteiger partial charge in [-0.2, -0.15) is 0 Å². The average molecular weight is 465 g/mol. The molecule has 0 spiro atoms. The maximum Gasteiger partial charge on any atom is 0.331 e. The molecule has 7 nitrogen and oxygen atoms in total. The van der Waals surface area contributed by atoms with Crippen molar-refractivity contribution >= 4 is 23.9 Å². The summed E-state index contributed by atoms with van der Waals surface area (Å²) in [5.41, 5.74) is 1.78. The maximum atomic E-state index is 12.5. The van der Waals surface area contributed by atoms with E-state index in [1.807, 2.05) is 48.5 Å². The predicted octanol–water partition coefficient (Wildman–Crippen LogP) is 3.72. The Morgan fingerprint density at radius 2 is 1.38 bits per heavy atom. The molecule has 4 rings (SSSR count). The molecule has 2 saturated heterocycles. The third-order valence-electron chi connectivity index (χ3n) is 5.95. The van der Waals surface area contributed by atoms with Gasteiger partial charge in [0.15, 0.2) is 11.9 Å². The maximum absolute atomic E-state index is 12.5. The van der Waals surface area contributed by atoms with Crippen LogP contribution in [0, 0.1) is 5.92 Å². The quantitative estimate of drug-likeness (QED) is 0.413. The molecule has 0 N–H and O–H groups in total. The second kappa shape index (κ2) is 11.1. The summed E-state index contributed by atoms with van der Waals surface area (Å²) in [7, 11) is 3.21. The van der Waals surface area contributed by atoms with Crippen LogP contribution in [0.25, 0.3) is 12.2 Å². The largest absolute Gasteiger partial charge is 0.497 e. The molecule has 0 aromatic heterocycles. The first kappa shape index (κ1) is 23.7. The second-order valence-electron chi connectivity index (χ2n) is 8.21. The van der Waals surface area contributed by atoms with Gasteiger partial charge in [-0.3, -0.25) is 4.79 Å². The van der Waals surface area contributed by atoms with Crippen molar-refractivity contribution in [2.24, 2.45) is 5.92 Å². The highest BCUT2D eigenvalue weighted by Gasteiger charge is 2.49. The molecule has 0 saturated carbocycles. The molecule has 2 fully saturated rings. The molecule has 0 aliphatic carbocycles. The summed E-state index contributed by atoms with van der Waals surface area (Å²) in [5.74, 6) is 0.975. The van der Waals surface area contributed by atoms with Crippen molar-refractivity contribution in [3.8, 4) is 11.5 Å². The van der Waals surface area contributed by atoms with E-state index in [1.165, 1.54) is 6.08 Å². The molecule has 34 heavy (non-hydrogen) atoms. The molecule has 4 atom stereocenters. The van der Waals surface area contributed by atoms with Gasteiger partial charge < -0.3 is 23.7 Å². The third-order valence-corrected chi connectivity index (χ3v) is 5.95. The van der Waals surface area contributed by atoms with Crippen LogP contribution in [0.15, 0.2) is 60.7 Å². The molecular weight excluding hydrogens is 436 g/mol. The van der Waals surface area contributed by atoms with Gasteiger partial charge in [0, 0.05) is 18.4 Å². The van der Waals surface area contributed by atoms with Gasteiger partial charge in [-0.25, -0.2) is 4.79 Å². The van der Waals surface area contributed by atoms with Gasteiger partial charge in [-0.15, -0.1) is 0 Å². The van der Waals surface area contributed by atoms with Crippen molar-refractivity contribution in [2.45, 2.75) is 24.7 Å². The summed E-state index contributed by atoms with van der Waals surface area (Å²) in [4.78, 5) is 24.8. The van der Waals surface area contributed by atoms with Crippen LogP contribution in [-0.4, -0.2) is 57.5 Å². The highest BCUT2D eigenvalue weighted by atomic mass is 16.6. The monoisotopic (exact) mass is 464 g/mol. The number of benzene rings is 2. The summed E-state index contributed by atoms with van der Waals surface area (Å²) >= 11 is 0. The Bertz CT molecular complexity index is 954. The van der Waals surface area contributed by atoms with Gasteiger partial charge in [0.25, 0.3) is 0 Å². The molecule has 2 aliphatic rings. The zero-order valence-corrected chi connectivity index (χ0v) is 19.2. The zero-order chi connectivity index (χ0) is 23.9. The van der Waals surface area contributed by atoms with Crippen molar-refractivity contribution in [3.05, 3.63) is 71.8 Å². The van der Waals surface area contributed by atoms with Crippen LogP contribution in [0.3, 0.4) is 0 Å². The normalized spacial score (nSPS) is 23.8. The lowest BCUT2D eigenvalue weighted by molar-refractivity contribution is -0.147. The van der Waals surface area contributed by atoms with Crippen LogP contribution in [0.4, 0.5) is 0 Å². The minimum absolute atomic E-state index is 0.00321. The molecule has 2 aromatic rings. The Morgan fingerprint density at radius 1 is 0.824 bits per heavy atom. The van der Waals surface area contributed by atoms with Crippen molar-refractivity contribution in [1.82, 2.24) is 0 Å². The van der Waals surface area contributed by atoms with E-state index in [1.54, 1.807) is 32.4 Å². The number of esters is 1. The fourth-order valence-corrected chi connectivity index (χ4v) is 4.12. The van der Waals surface area contributed by atoms with E-state index in [4.69, 9.17) is 23.7 Å². The number of hydrogen-bond acceptors (Lipinski definition) is 7. The Morgan fingerprint density at radius 3 is 1.97 bits per heavy atom. The molecule has 2 aromatic carbocycles. The number of carbonyl (C=O) groups excluding carboxylic acids is 2. The fourth-order valence-electron chi connectivity index (χ4n) is 4.12. The van der Waals surface area contributed by atoms with E-state index in [9.17, 15) is 9.59 Å². The summed E-state index contributed by atoms with van der Waals surface area (Å²) in [5, 5.41) is 0. The van der Waals surface area contributed by atoms with E-state index in [0.29, 0.717) is 13.0 Å². The Labute approximate surface area is 198 Å². The summed E-state index contributed by atoms with van der Waals surface area (Å²) < 4.78 is 27.5. The van der Waals surface area contributed by atoms with Crippen LogP contribution in [0.5, 0.6) is 11.5 Å². The van der Waals surface area contributed by atoms with E-state index < -0.39 is 12.1 Å². The zero-order valence-electron chi connectivity index (χ0n) is 19.2. The highest BCUT2D eigenvalue weighted by molar-refractivity contribution is 5.93. The Kier molecular flexibility index (Phi) is 7.77. The number of methoxy groups -OCH3 is 2. The Hall–Kier alpha value is -3.42. The molecule has 0 radical (unpaired) electrons. The first-order valence-corrected chi connectivity index (χ1v) is 11.2. The van der Waals surface area contributed by atoms with Crippen LogP contribution >= 0.6 is 0 Å². The summed E-state index contributed by atoms with van der Waals surface area (Å²) in [6.45, 7) is 0.650. The molecule has 0 bridgehead atoms. The van der Waals surface area contributed by atoms with E-state index in [2.05, 4.69) is 0 Å². The number of hydrogen-bond donors (Lipinski definition) is 0. The topological polar surface area (TPSA) is 80.3 Å². The molecule has 7 heteroatoms. The van der Waals surface area contributed by atoms with Crippen LogP contribution in [0.1, 0.15) is 17.5 Å². The van der Waals surface area contributed by atoms with Gasteiger partial charge >= 0.3 is 5.97 Å². The van der Waals surface area contributed by atoms with Crippen molar-refractivity contribution in [1.29, 1.82) is 0 Å². The average Bonchev–Trinajstić information content (AvgIpc) is 3.45. The van der Waals surface area contributed by atoms with Gasteiger partial charge in [0.1, 0.15) is 17.6 Å². The van der Waals surface area contributed by atoms with Gasteiger partial charge in [0.05, 0.1) is 33.5 Å². The van der Waals surface area contributed by atoms with Gasteiger partial charge in [-0.05, 0) is 47.5 Å². The second-order valence-corrected chi connectivity index (χ2v) is 8.21. The van der Waals surface area contributed by atoms with Crippen LogP contribution in [-0.2, 0) is 23.8 Å². The molecular formula is C27H28O7. The minimum Gasteiger partial charge on any atom is -0.497 e. The van der Waals surface area contributed by atoms with Gasteiger partial charge in [-0.1, -0.05) is 30.3 Å². The first-order chi connectivity index (χ1) is 16.6. The number of carbonyl (C=O) groups is 2. The Balaban J connectivity index is 1.26. The number of ether oxygens (including phenoxy) is 5.